The van der Waals surface area contributed by atoms with E-state index in [1.54, 1.807) is 0 Å². The second kappa shape index (κ2) is 4.72. The average molecular weight is 229 g/mol. The zero-order valence-electron chi connectivity index (χ0n) is 10.9. The molecule has 17 heavy (non-hydrogen) atoms. The topological polar surface area (TPSA) is 29.9 Å². The maximum absolute atomic E-state index is 4.37. The summed E-state index contributed by atoms with van der Waals surface area (Å²) in [5.74, 6) is 0. The first-order valence-corrected chi connectivity index (χ1v) is 5.89. The van der Waals surface area contributed by atoms with E-state index in [1.807, 2.05) is 25.0 Å². The third-order valence-electron chi connectivity index (χ3n) is 3.16. The highest BCUT2D eigenvalue weighted by atomic mass is 15.3. The molecule has 0 aliphatic heterocycles. The van der Waals surface area contributed by atoms with E-state index in [9.17, 15) is 0 Å². The molecule has 0 radical (unpaired) electrons. The van der Waals surface area contributed by atoms with Gasteiger partial charge in [-0.05, 0) is 27.0 Å². The Morgan fingerprint density at radius 3 is 2.76 bits per heavy atom. The van der Waals surface area contributed by atoms with E-state index in [4.69, 9.17) is 0 Å². The Kier molecular flexibility index (Phi) is 3.29. The van der Waals surface area contributed by atoms with E-state index in [0.717, 1.165) is 0 Å². The van der Waals surface area contributed by atoms with Crippen LogP contribution in [0.2, 0.25) is 0 Å². The monoisotopic (exact) mass is 229 g/mol. The molecular weight excluding hydrogens is 210 g/mol. The van der Waals surface area contributed by atoms with Crippen molar-refractivity contribution in [1.29, 1.82) is 0 Å². The van der Waals surface area contributed by atoms with Crippen molar-refractivity contribution in [3.8, 4) is 11.3 Å². The van der Waals surface area contributed by atoms with Crippen LogP contribution in [0.15, 0.2) is 30.5 Å². The first-order chi connectivity index (χ1) is 8.13. The number of nitrogens with one attached hydrogen (secondary N) is 1. The Morgan fingerprint density at radius 1 is 1.35 bits per heavy atom. The van der Waals surface area contributed by atoms with Gasteiger partial charge in [0.05, 0.1) is 11.9 Å². The summed E-state index contributed by atoms with van der Waals surface area (Å²) in [5.41, 5.74) is 4.92. The maximum Gasteiger partial charge on any atom is 0.0726 e. The first kappa shape index (κ1) is 11.9. The minimum Gasteiger partial charge on any atom is -0.313 e. The molecule has 1 unspecified atom stereocenters. The fourth-order valence-electron chi connectivity index (χ4n) is 2.07. The normalized spacial score (nSPS) is 12.7. The Hall–Kier alpha value is -1.61. The molecule has 2 rings (SSSR count). The van der Waals surface area contributed by atoms with Gasteiger partial charge in [0.15, 0.2) is 0 Å². The van der Waals surface area contributed by atoms with Crippen LogP contribution in [0.4, 0.5) is 0 Å². The minimum atomic E-state index is 0.305. The summed E-state index contributed by atoms with van der Waals surface area (Å²) < 4.78 is 1.94. The van der Waals surface area contributed by atoms with E-state index < -0.39 is 0 Å². The molecule has 0 aliphatic rings. The van der Waals surface area contributed by atoms with Crippen LogP contribution in [0.25, 0.3) is 11.3 Å². The van der Waals surface area contributed by atoms with Gasteiger partial charge in [-0.3, -0.25) is 4.68 Å². The molecule has 0 bridgehead atoms. The molecule has 1 atom stereocenters. The van der Waals surface area contributed by atoms with E-state index in [-0.39, 0.29) is 0 Å². The Labute approximate surface area is 102 Å². The predicted molar refractivity (Wildman–Crippen MR) is 70.9 cm³/mol. The van der Waals surface area contributed by atoms with Gasteiger partial charge < -0.3 is 5.32 Å². The van der Waals surface area contributed by atoms with Crippen LogP contribution < -0.4 is 5.32 Å². The lowest BCUT2D eigenvalue weighted by atomic mass is 10.0. The highest BCUT2D eigenvalue weighted by Crippen LogP contribution is 2.27. The fourth-order valence-corrected chi connectivity index (χ4v) is 2.07. The maximum atomic E-state index is 4.37. The van der Waals surface area contributed by atoms with Crippen LogP contribution in [0.1, 0.15) is 24.1 Å². The lowest BCUT2D eigenvalue weighted by molar-refractivity contribution is 0.653. The second-order valence-electron chi connectivity index (χ2n) is 4.45. The van der Waals surface area contributed by atoms with Gasteiger partial charge in [0.1, 0.15) is 0 Å². The van der Waals surface area contributed by atoms with Crippen molar-refractivity contribution in [1.82, 2.24) is 15.1 Å². The predicted octanol–water partition coefficient (Wildman–Crippen LogP) is 2.68. The summed E-state index contributed by atoms with van der Waals surface area (Å²) >= 11 is 0. The molecule has 1 N–H and O–H groups in total. The van der Waals surface area contributed by atoms with Gasteiger partial charge in [-0.25, -0.2) is 0 Å². The molecule has 90 valence electrons. The number of benzene rings is 1. The van der Waals surface area contributed by atoms with Crippen molar-refractivity contribution >= 4 is 0 Å². The highest BCUT2D eigenvalue weighted by molar-refractivity contribution is 5.64. The summed E-state index contributed by atoms with van der Waals surface area (Å²) in [6, 6.07) is 8.84. The van der Waals surface area contributed by atoms with Gasteiger partial charge in [0, 0.05) is 24.2 Å². The third-order valence-corrected chi connectivity index (χ3v) is 3.16. The number of aryl methyl sites for hydroxylation is 2. The van der Waals surface area contributed by atoms with Crippen LogP contribution in [-0.4, -0.2) is 16.8 Å². The summed E-state index contributed by atoms with van der Waals surface area (Å²) in [6.07, 6.45) is 1.94. The Bertz CT molecular complexity index is 514. The smallest absolute Gasteiger partial charge is 0.0726 e. The first-order valence-electron chi connectivity index (χ1n) is 5.89. The SMILES string of the molecule is CNC(C)c1cnn(C)c1-c1cccc(C)c1. The number of hydrogen-bond donors (Lipinski definition) is 1. The van der Waals surface area contributed by atoms with Crippen LogP contribution in [0, 0.1) is 6.92 Å². The molecule has 0 fully saturated rings. The number of nitrogens with zero attached hydrogens (tertiary/aromatic N) is 2. The molecule has 0 spiro atoms. The Balaban J connectivity index is 2.54. The van der Waals surface area contributed by atoms with Gasteiger partial charge in [-0.1, -0.05) is 23.8 Å². The van der Waals surface area contributed by atoms with Crippen LogP contribution in [0.3, 0.4) is 0 Å². The second-order valence-corrected chi connectivity index (χ2v) is 4.45. The largest absolute Gasteiger partial charge is 0.313 e. The molecule has 1 heterocycles. The van der Waals surface area contributed by atoms with Crippen molar-refractivity contribution in [3.05, 3.63) is 41.6 Å². The summed E-state index contributed by atoms with van der Waals surface area (Å²) in [7, 11) is 3.96. The standard InChI is InChI=1S/C14H19N3/c1-10-6-5-7-12(8-10)14-13(11(2)15-3)9-16-17(14)4/h5-9,11,15H,1-4H3. The number of hydrogen-bond acceptors (Lipinski definition) is 2. The van der Waals surface area contributed by atoms with Gasteiger partial charge >= 0.3 is 0 Å². The Morgan fingerprint density at radius 2 is 2.12 bits per heavy atom. The molecule has 1 aromatic heterocycles. The molecule has 0 saturated heterocycles. The van der Waals surface area contributed by atoms with Gasteiger partial charge in [-0.15, -0.1) is 0 Å². The fraction of sp³-hybridized carbons (Fsp3) is 0.357. The van der Waals surface area contributed by atoms with Crippen LogP contribution in [0.5, 0.6) is 0 Å². The van der Waals surface area contributed by atoms with Gasteiger partial charge in [0.2, 0.25) is 0 Å². The highest BCUT2D eigenvalue weighted by Gasteiger charge is 2.15. The zero-order valence-corrected chi connectivity index (χ0v) is 10.9. The number of rotatable bonds is 3. The molecule has 0 aliphatic carbocycles. The zero-order chi connectivity index (χ0) is 12.4. The van der Waals surface area contributed by atoms with Crippen LogP contribution in [-0.2, 0) is 7.05 Å². The van der Waals surface area contributed by atoms with Crippen molar-refractivity contribution in [2.75, 3.05) is 7.05 Å². The molecule has 1 aromatic carbocycles. The van der Waals surface area contributed by atoms with E-state index in [1.165, 1.54) is 22.4 Å². The summed E-state index contributed by atoms with van der Waals surface area (Å²) in [4.78, 5) is 0. The minimum absolute atomic E-state index is 0.305. The van der Waals surface area contributed by atoms with Crippen molar-refractivity contribution in [2.45, 2.75) is 19.9 Å². The van der Waals surface area contributed by atoms with Crippen LogP contribution >= 0.6 is 0 Å². The van der Waals surface area contributed by atoms with E-state index in [0.29, 0.717) is 6.04 Å². The van der Waals surface area contributed by atoms with E-state index in [2.05, 4.69) is 48.5 Å². The molecule has 3 nitrogen and oxygen atoms in total. The number of aromatic nitrogens is 2. The molecular formula is C14H19N3. The van der Waals surface area contributed by atoms with Crippen molar-refractivity contribution in [3.63, 3.8) is 0 Å². The molecule has 2 aromatic rings. The van der Waals surface area contributed by atoms with Gasteiger partial charge in [0.25, 0.3) is 0 Å². The molecule has 0 saturated carbocycles. The van der Waals surface area contributed by atoms with Gasteiger partial charge in [-0.2, -0.15) is 5.10 Å². The van der Waals surface area contributed by atoms with E-state index >= 15 is 0 Å². The lowest BCUT2D eigenvalue weighted by Gasteiger charge is -2.12. The molecule has 3 heteroatoms. The quantitative estimate of drug-likeness (QED) is 0.877. The summed E-state index contributed by atoms with van der Waals surface area (Å²) in [5, 5.41) is 7.63. The molecule has 0 amide bonds. The average Bonchev–Trinajstić information content (AvgIpc) is 2.70. The lowest BCUT2D eigenvalue weighted by Crippen LogP contribution is -2.13. The third kappa shape index (κ3) is 2.24. The van der Waals surface area contributed by atoms with Crippen molar-refractivity contribution in [2.24, 2.45) is 7.05 Å². The summed E-state index contributed by atoms with van der Waals surface area (Å²) in [6.45, 7) is 4.26. The van der Waals surface area contributed by atoms with Crippen molar-refractivity contribution < 1.29 is 0 Å².